The van der Waals surface area contributed by atoms with Crippen molar-refractivity contribution < 1.29 is 14.7 Å². The Hall–Kier alpha value is -1.79. The number of carbonyl (C=O) groups is 2. The number of halogens is 1. The number of nitrogens with two attached hydrogens (primary N) is 1. The normalized spacial score (nSPS) is 15.8. The minimum atomic E-state index is -1.10. The summed E-state index contributed by atoms with van der Waals surface area (Å²) in [4.78, 5) is 25.2. The summed E-state index contributed by atoms with van der Waals surface area (Å²) in [5, 5.41) is 11.8. The van der Waals surface area contributed by atoms with E-state index in [0.717, 1.165) is 31.6 Å². The smallest absolute Gasteiger partial charge is 0.252 e. The van der Waals surface area contributed by atoms with Gasteiger partial charge in [0, 0.05) is 18.7 Å². The van der Waals surface area contributed by atoms with Crippen LogP contribution in [-0.4, -0.2) is 42.7 Å². The minimum absolute atomic E-state index is 0.322. The molecule has 0 bridgehead atoms. The molecule has 0 radical (unpaired) electrons. The second kappa shape index (κ2) is 6.78. The van der Waals surface area contributed by atoms with Gasteiger partial charge >= 0.3 is 0 Å². The number of hydrogen-bond donors (Lipinski definition) is 3. The first kappa shape index (κ1) is 15.6. The maximum atomic E-state index is 12.0. The number of benzene rings is 1. The highest BCUT2D eigenvalue weighted by atomic mass is 35.5. The first-order valence-corrected chi connectivity index (χ1v) is 7.16. The highest BCUT2D eigenvalue weighted by Gasteiger charge is 2.20. The number of amides is 2. The zero-order valence-electron chi connectivity index (χ0n) is 11.5. The van der Waals surface area contributed by atoms with Gasteiger partial charge in [-0.05, 0) is 31.0 Å². The molecule has 1 atom stereocenters. The molecule has 1 aromatic rings. The van der Waals surface area contributed by atoms with E-state index in [4.69, 9.17) is 22.4 Å². The number of carbonyl (C=O) groups excluding carboxylic acids is 2. The van der Waals surface area contributed by atoms with E-state index in [-0.39, 0.29) is 0 Å². The number of nitrogens with one attached hydrogen (secondary N) is 1. The van der Waals surface area contributed by atoms with E-state index in [1.807, 2.05) is 0 Å². The van der Waals surface area contributed by atoms with Gasteiger partial charge in [0.1, 0.15) is 6.04 Å². The topological polar surface area (TPSA) is 95.7 Å². The highest BCUT2D eigenvalue weighted by Crippen LogP contribution is 2.29. The van der Waals surface area contributed by atoms with Crippen LogP contribution in [0.1, 0.15) is 23.2 Å². The Labute approximate surface area is 127 Å². The summed E-state index contributed by atoms with van der Waals surface area (Å²) in [6.45, 7) is 1.37. The fraction of sp³-hybridized carbons (Fsp3) is 0.429. The molecule has 2 amide bonds. The van der Waals surface area contributed by atoms with Crippen molar-refractivity contribution in [2.24, 2.45) is 5.73 Å². The molecule has 1 saturated heterocycles. The molecule has 7 heteroatoms. The van der Waals surface area contributed by atoms with Crippen molar-refractivity contribution in [3.63, 3.8) is 0 Å². The van der Waals surface area contributed by atoms with Crippen LogP contribution >= 0.6 is 11.6 Å². The van der Waals surface area contributed by atoms with Crippen LogP contribution in [0, 0.1) is 0 Å². The third kappa shape index (κ3) is 3.65. The summed E-state index contributed by atoms with van der Waals surface area (Å²) in [6.07, 6.45) is 2.27. The molecule has 114 valence electrons. The fourth-order valence-electron chi connectivity index (χ4n) is 2.31. The van der Waals surface area contributed by atoms with Crippen molar-refractivity contribution in [3.05, 3.63) is 28.8 Å². The molecule has 0 aliphatic carbocycles. The zero-order chi connectivity index (χ0) is 15.4. The predicted octanol–water partition coefficient (Wildman–Crippen LogP) is 0.516. The van der Waals surface area contributed by atoms with Gasteiger partial charge in [-0.15, -0.1) is 0 Å². The molecule has 1 aliphatic heterocycles. The van der Waals surface area contributed by atoms with Crippen LogP contribution in [0.25, 0.3) is 0 Å². The molecule has 0 saturated carbocycles. The Balaban J connectivity index is 2.11. The molecule has 4 N–H and O–H groups in total. The number of primary amides is 1. The number of aliphatic hydroxyl groups excluding tert-OH is 1. The quantitative estimate of drug-likeness (QED) is 0.738. The summed E-state index contributed by atoms with van der Waals surface area (Å²) in [5.41, 5.74) is 6.29. The lowest BCUT2D eigenvalue weighted by molar-refractivity contribution is -0.120. The number of anilines is 1. The zero-order valence-corrected chi connectivity index (χ0v) is 12.3. The van der Waals surface area contributed by atoms with Gasteiger partial charge in [0.25, 0.3) is 5.91 Å². The maximum absolute atomic E-state index is 12.0. The van der Waals surface area contributed by atoms with Crippen molar-refractivity contribution in [1.82, 2.24) is 5.32 Å². The van der Waals surface area contributed by atoms with Gasteiger partial charge in [0.05, 0.1) is 17.3 Å². The van der Waals surface area contributed by atoms with Gasteiger partial charge in [0.15, 0.2) is 0 Å². The molecule has 1 aromatic carbocycles. The molecular formula is C14H18ClN3O3. The van der Waals surface area contributed by atoms with E-state index in [9.17, 15) is 9.59 Å². The van der Waals surface area contributed by atoms with Gasteiger partial charge in [-0.1, -0.05) is 11.6 Å². The largest absolute Gasteiger partial charge is 0.394 e. The minimum Gasteiger partial charge on any atom is -0.394 e. The van der Waals surface area contributed by atoms with Crippen LogP contribution in [0.3, 0.4) is 0 Å². The number of hydrogen-bond acceptors (Lipinski definition) is 4. The maximum Gasteiger partial charge on any atom is 0.252 e. The second-order valence-electron chi connectivity index (χ2n) is 4.97. The summed E-state index contributed by atoms with van der Waals surface area (Å²) >= 11 is 6.22. The lowest BCUT2D eigenvalue weighted by Crippen LogP contribution is -2.46. The third-order valence-corrected chi connectivity index (χ3v) is 3.79. The first-order chi connectivity index (χ1) is 10.0. The monoisotopic (exact) mass is 311 g/mol. The van der Waals surface area contributed by atoms with E-state index >= 15 is 0 Å². The van der Waals surface area contributed by atoms with Crippen LogP contribution in [0.5, 0.6) is 0 Å². The van der Waals surface area contributed by atoms with Crippen molar-refractivity contribution in [2.75, 3.05) is 24.6 Å². The van der Waals surface area contributed by atoms with Gasteiger partial charge < -0.3 is 21.1 Å². The average molecular weight is 312 g/mol. The molecule has 1 heterocycles. The van der Waals surface area contributed by atoms with Crippen molar-refractivity contribution in [1.29, 1.82) is 0 Å². The Morgan fingerprint density at radius 3 is 2.57 bits per heavy atom. The molecule has 0 spiro atoms. The van der Waals surface area contributed by atoms with E-state index in [1.165, 1.54) is 0 Å². The van der Waals surface area contributed by atoms with Gasteiger partial charge in [0.2, 0.25) is 5.91 Å². The van der Waals surface area contributed by atoms with Crippen LogP contribution in [0.2, 0.25) is 5.02 Å². The molecule has 1 fully saturated rings. The van der Waals surface area contributed by atoms with Crippen molar-refractivity contribution >= 4 is 29.1 Å². The summed E-state index contributed by atoms with van der Waals surface area (Å²) in [6, 6.07) is 3.89. The van der Waals surface area contributed by atoms with Crippen LogP contribution in [0.4, 0.5) is 5.69 Å². The van der Waals surface area contributed by atoms with E-state index < -0.39 is 24.5 Å². The van der Waals surface area contributed by atoms with Crippen LogP contribution in [0.15, 0.2) is 18.2 Å². The van der Waals surface area contributed by atoms with Gasteiger partial charge in [-0.2, -0.15) is 0 Å². The Bertz CT molecular complexity index is 544. The van der Waals surface area contributed by atoms with Crippen molar-refractivity contribution in [2.45, 2.75) is 18.9 Å². The van der Waals surface area contributed by atoms with E-state index in [1.54, 1.807) is 18.2 Å². The van der Waals surface area contributed by atoms with E-state index in [0.29, 0.717) is 10.6 Å². The number of aliphatic hydroxyl groups is 1. The Morgan fingerprint density at radius 1 is 1.38 bits per heavy atom. The number of nitrogens with zero attached hydrogens (tertiary/aromatic N) is 1. The molecule has 2 rings (SSSR count). The highest BCUT2D eigenvalue weighted by molar-refractivity contribution is 6.33. The average Bonchev–Trinajstić information content (AvgIpc) is 2.97. The fourth-order valence-corrected chi connectivity index (χ4v) is 2.61. The molecule has 0 unspecified atom stereocenters. The SMILES string of the molecule is NC(=O)[C@H](CO)NC(=O)c1ccc(N2CCCC2)c(Cl)c1. The number of rotatable bonds is 5. The van der Waals surface area contributed by atoms with Crippen LogP contribution < -0.4 is 16.0 Å². The Kier molecular flexibility index (Phi) is 5.03. The van der Waals surface area contributed by atoms with E-state index in [2.05, 4.69) is 10.2 Å². The summed E-state index contributed by atoms with van der Waals surface area (Å²) in [7, 11) is 0. The predicted molar refractivity (Wildman–Crippen MR) is 80.4 cm³/mol. The van der Waals surface area contributed by atoms with Crippen LogP contribution in [-0.2, 0) is 4.79 Å². The van der Waals surface area contributed by atoms with Gasteiger partial charge in [-0.3, -0.25) is 9.59 Å². The molecule has 21 heavy (non-hydrogen) atoms. The lowest BCUT2D eigenvalue weighted by atomic mass is 10.1. The molecular weight excluding hydrogens is 294 g/mol. The molecule has 0 aromatic heterocycles. The second-order valence-corrected chi connectivity index (χ2v) is 5.38. The van der Waals surface area contributed by atoms with Crippen molar-refractivity contribution in [3.8, 4) is 0 Å². The molecule has 6 nitrogen and oxygen atoms in total. The Morgan fingerprint density at radius 2 is 2.05 bits per heavy atom. The molecule has 1 aliphatic rings. The standard InChI is InChI=1S/C14H18ClN3O3/c15-10-7-9(14(21)17-11(8-19)13(16)20)3-4-12(10)18-5-1-2-6-18/h3-4,7,11,19H,1-2,5-6,8H2,(H2,16,20)(H,17,21)/t11-/m0/s1. The van der Waals surface area contributed by atoms with Gasteiger partial charge in [-0.25, -0.2) is 0 Å². The summed E-state index contributed by atoms with van der Waals surface area (Å²) in [5.74, 6) is -1.28. The summed E-state index contributed by atoms with van der Waals surface area (Å²) < 4.78 is 0. The third-order valence-electron chi connectivity index (χ3n) is 3.49. The lowest BCUT2D eigenvalue weighted by Gasteiger charge is -2.20. The first-order valence-electron chi connectivity index (χ1n) is 6.78.